The third kappa shape index (κ3) is 1.64. The van der Waals surface area contributed by atoms with Gasteiger partial charge in [-0.1, -0.05) is 6.07 Å². The normalized spacial score (nSPS) is 10.9. The molecule has 3 aromatic heterocycles. The molecule has 0 aliphatic heterocycles. The molecule has 3 rings (SSSR count). The minimum Gasteiger partial charge on any atom is -0.296 e. The maximum absolute atomic E-state index is 10.9. The maximum Gasteiger partial charge on any atom is 0.166 e. The van der Waals surface area contributed by atoms with E-state index in [2.05, 4.69) is 9.36 Å². The number of aldehydes is 1. The number of nitrogens with zero attached hydrogens (tertiary/aromatic N) is 3. The van der Waals surface area contributed by atoms with Gasteiger partial charge < -0.3 is 0 Å². The summed E-state index contributed by atoms with van der Waals surface area (Å²) < 4.78 is 6.02. The van der Waals surface area contributed by atoms with Gasteiger partial charge in [0.2, 0.25) is 0 Å². The van der Waals surface area contributed by atoms with Gasteiger partial charge in [-0.3, -0.25) is 9.20 Å². The predicted molar refractivity (Wildman–Crippen MR) is 66.4 cm³/mol. The molecule has 0 fully saturated rings. The third-order valence-electron chi connectivity index (χ3n) is 2.52. The molecule has 0 N–H and O–H groups in total. The predicted octanol–water partition coefficient (Wildman–Crippen LogP) is 2.58. The van der Waals surface area contributed by atoms with Gasteiger partial charge in [0.1, 0.15) is 11.3 Å². The summed E-state index contributed by atoms with van der Waals surface area (Å²) in [5.74, 6) is 0. The van der Waals surface area contributed by atoms with Crippen LogP contribution in [0, 0.1) is 6.92 Å². The SMILES string of the molecule is Cc1cc(-c2cn3c(C=O)cccc3n2)sn1. The van der Waals surface area contributed by atoms with Crippen LogP contribution in [0.1, 0.15) is 16.2 Å². The summed E-state index contributed by atoms with van der Waals surface area (Å²) in [4.78, 5) is 16.4. The monoisotopic (exact) mass is 243 g/mol. The van der Waals surface area contributed by atoms with Gasteiger partial charge in [0.05, 0.1) is 16.3 Å². The second kappa shape index (κ2) is 3.78. The van der Waals surface area contributed by atoms with Crippen LogP contribution in [0.4, 0.5) is 0 Å². The molecular formula is C12H9N3OS. The van der Waals surface area contributed by atoms with Crippen LogP contribution < -0.4 is 0 Å². The number of hydrogen-bond acceptors (Lipinski definition) is 4. The largest absolute Gasteiger partial charge is 0.296 e. The van der Waals surface area contributed by atoms with Crippen LogP contribution in [0.5, 0.6) is 0 Å². The van der Waals surface area contributed by atoms with Crippen molar-refractivity contribution in [2.75, 3.05) is 0 Å². The van der Waals surface area contributed by atoms with E-state index in [-0.39, 0.29) is 0 Å². The van der Waals surface area contributed by atoms with E-state index in [1.165, 1.54) is 11.5 Å². The molecule has 0 saturated carbocycles. The van der Waals surface area contributed by atoms with E-state index in [1.54, 1.807) is 10.5 Å². The van der Waals surface area contributed by atoms with Gasteiger partial charge in [-0.25, -0.2) is 4.98 Å². The Hall–Kier alpha value is -2.01. The van der Waals surface area contributed by atoms with Gasteiger partial charge in [-0.05, 0) is 36.7 Å². The molecule has 0 aromatic carbocycles. The summed E-state index contributed by atoms with van der Waals surface area (Å²) in [6.45, 7) is 1.95. The van der Waals surface area contributed by atoms with E-state index in [9.17, 15) is 4.79 Å². The van der Waals surface area contributed by atoms with Crippen LogP contribution in [-0.2, 0) is 0 Å². The molecule has 4 nitrogen and oxygen atoms in total. The standard InChI is InChI=1S/C12H9N3OS/c1-8-5-11(17-14-8)10-6-15-9(7-16)3-2-4-12(15)13-10/h2-7H,1H3. The molecule has 17 heavy (non-hydrogen) atoms. The Bertz CT molecular complexity index is 699. The summed E-state index contributed by atoms with van der Waals surface area (Å²) in [5.41, 5.74) is 3.21. The summed E-state index contributed by atoms with van der Waals surface area (Å²) in [5, 5.41) is 0. The minimum absolute atomic E-state index is 0.600. The van der Waals surface area contributed by atoms with Gasteiger partial charge in [0, 0.05) is 6.20 Å². The Balaban J connectivity index is 2.23. The number of fused-ring (bicyclic) bond motifs is 1. The molecule has 0 atom stereocenters. The fraction of sp³-hybridized carbons (Fsp3) is 0.0833. The highest BCUT2D eigenvalue weighted by molar-refractivity contribution is 7.09. The smallest absolute Gasteiger partial charge is 0.166 e. The number of aromatic nitrogens is 3. The number of hydrogen-bond donors (Lipinski definition) is 0. The van der Waals surface area contributed by atoms with Crippen LogP contribution >= 0.6 is 11.5 Å². The lowest BCUT2D eigenvalue weighted by atomic mass is 10.3. The number of carbonyl (C=O) groups is 1. The molecule has 84 valence electrons. The molecule has 3 heterocycles. The zero-order valence-electron chi connectivity index (χ0n) is 9.12. The maximum atomic E-state index is 10.9. The molecule has 3 aromatic rings. The van der Waals surface area contributed by atoms with E-state index >= 15 is 0 Å². The van der Waals surface area contributed by atoms with Crippen LogP contribution in [0.25, 0.3) is 16.2 Å². The highest BCUT2D eigenvalue weighted by atomic mass is 32.1. The average molecular weight is 243 g/mol. The second-order valence-corrected chi connectivity index (χ2v) is 4.56. The van der Waals surface area contributed by atoms with Crippen molar-refractivity contribution < 1.29 is 4.79 Å². The highest BCUT2D eigenvalue weighted by Gasteiger charge is 2.08. The van der Waals surface area contributed by atoms with Gasteiger partial charge in [0.15, 0.2) is 6.29 Å². The van der Waals surface area contributed by atoms with Crippen LogP contribution in [0.3, 0.4) is 0 Å². The van der Waals surface area contributed by atoms with Gasteiger partial charge in [-0.15, -0.1) is 0 Å². The molecule has 0 unspecified atom stereocenters. The quantitative estimate of drug-likeness (QED) is 0.650. The van der Waals surface area contributed by atoms with E-state index in [0.29, 0.717) is 5.69 Å². The van der Waals surface area contributed by atoms with Crippen molar-refractivity contribution in [2.45, 2.75) is 6.92 Å². The second-order valence-electron chi connectivity index (χ2n) is 3.76. The third-order valence-corrected chi connectivity index (χ3v) is 3.43. The molecule has 0 amide bonds. The molecule has 0 radical (unpaired) electrons. The first-order valence-corrected chi connectivity index (χ1v) is 5.92. The lowest BCUT2D eigenvalue weighted by molar-refractivity contribution is 0.111. The fourth-order valence-electron chi connectivity index (χ4n) is 1.73. The van der Waals surface area contributed by atoms with E-state index in [4.69, 9.17) is 0 Å². The number of pyridine rings is 1. The van der Waals surface area contributed by atoms with Gasteiger partial charge in [-0.2, -0.15) is 4.37 Å². The van der Waals surface area contributed by atoms with E-state index in [1.807, 2.05) is 31.3 Å². The molecular weight excluding hydrogens is 234 g/mol. The van der Waals surface area contributed by atoms with Crippen molar-refractivity contribution in [2.24, 2.45) is 0 Å². The summed E-state index contributed by atoms with van der Waals surface area (Å²) in [6, 6.07) is 7.47. The molecule has 0 spiro atoms. The zero-order chi connectivity index (χ0) is 11.8. The average Bonchev–Trinajstić information content (AvgIpc) is 2.93. The lowest BCUT2D eigenvalue weighted by Gasteiger charge is -1.94. The van der Waals surface area contributed by atoms with E-state index in [0.717, 1.165) is 28.2 Å². The van der Waals surface area contributed by atoms with Crippen molar-refractivity contribution in [3.05, 3.63) is 41.9 Å². The summed E-state index contributed by atoms with van der Waals surface area (Å²) in [6.07, 6.45) is 2.70. The fourth-order valence-corrected chi connectivity index (χ4v) is 2.44. The molecule has 0 aliphatic rings. The molecule has 0 bridgehead atoms. The Morgan fingerprint density at radius 1 is 1.41 bits per heavy atom. The first kappa shape index (κ1) is 10.2. The number of aryl methyl sites for hydroxylation is 1. The van der Waals surface area contributed by atoms with Gasteiger partial charge in [0.25, 0.3) is 0 Å². The number of imidazole rings is 1. The Morgan fingerprint density at radius 2 is 2.29 bits per heavy atom. The zero-order valence-corrected chi connectivity index (χ0v) is 9.94. The van der Waals surface area contributed by atoms with E-state index < -0.39 is 0 Å². The first-order chi connectivity index (χ1) is 8.28. The Morgan fingerprint density at radius 3 is 3.00 bits per heavy atom. The lowest BCUT2D eigenvalue weighted by Crippen LogP contribution is -1.91. The highest BCUT2D eigenvalue weighted by Crippen LogP contribution is 2.24. The topological polar surface area (TPSA) is 47.3 Å². The molecule has 5 heteroatoms. The van der Waals surface area contributed by atoms with Crippen LogP contribution in [-0.4, -0.2) is 20.0 Å². The first-order valence-electron chi connectivity index (χ1n) is 5.15. The van der Waals surface area contributed by atoms with Gasteiger partial charge >= 0.3 is 0 Å². The van der Waals surface area contributed by atoms with Crippen molar-refractivity contribution in [3.8, 4) is 10.6 Å². The summed E-state index contributed by atoms with van der Waals surface area (Å²) >= 11 is 1.42. The minimum atomic E-state index is 0.600. The number of carbonyl (C=O) groups excluding carboxylic acids is 1. The summed E-state index contributed by atoms with van der Waals surface area (Å²) in [7, 11) is 0. The van der Waals surface area contributed by atoms with Crippen LogP contribution in [0.2, 0.25) is 0 Å². The van der Waals surface area contributed by atoms with Crippen molar-refractivity contribution in [1.82, 2.24) is 13.8 Å². The number of rotatable bonds is 2. The van der Waals surface area contributed by atoms with Crippen molar-refractivity contribution in [3.63, 3.8) is 0 Å². The molecule has 0 aliphatic carbocycles. The van der Waals surface area contributed by atoms with Crippen molar-refractivity contribution in [1.29, 1.82) is 0 Å². The van der Waals surface area contributed by atoms with Crippen LogP contribution in [0.15, 0.2) is 30.5 Å². The molecule has 0 saturated heterocycles. The Kier molecular flexibility index (Phi) is 2.26. The van der Waals surface area contributed by atoms with Crippen molar-refractivity contribution >= 4 is 23.5 Å². The Labute approximate surface area is 102 Å².